The van der Waals surface area contributed by atoms with Crippen molar-refractivity contribution in [2.45, 2.75) is 0 Å². The zero-order chi connectivity index (χ0) is 12.3. The van der Waals surface area contributed by atoms with E-state index in [4.69, 9.17) is 5.26 Å². The van der Waals surface area contributed by atoms with Crippen molar-refractivity contribution in [1.82, 2.24) is 0 Å². The minimum Gasteiger partial charge on any atom is -0.310 e. The Balaban J connectivity index is 2.35. The highest BCUT2D eigenvalue weighted by Gasteiger charge is 2.16. The monoisotopic (exact) mass is 242 g/mol. The average molecular weight is 242 g/mol. The highest BCUT2D eigenvalue weighted by molar-refractivity contribution is 7.08. The lowest BCUT2D eigenvalue weighted by molar-refractivity contribution is 0.0993. The van der Waals surface area contributed by atoms with Crippen molar-refractivity contribution in [2.75, 3.05) is 11.9 Å². The van der Waals surface area contributed by atoms with Gasteiger partial charge in [-0.05, 0) is 23.6 Å². The van der Waals surface area contributed by atoms with Crippen LogP contribution < -0.4 is 4.90 Å². The number of amides is 1. The van der Waals surface area contributed by atoms with Gasteiger partial charge in [0.25, 0.3) is 5.91 Å². The van der Waals surface area contributed by atoms with E-state index in [-0.39, 0.29) is 5.91 Å². The number of hydrogen-bond acceptors (Lipinski definition) is 3. The predicted molar refractivity (Wildman–Crippen MR) is 68.2 cm³/mol. The van der Waals surface area contributed by atoms with Crippen molar-refractivity contribution in [3.05, 3.63) is 52.2 Å². The van der Waals surface area contributed by atoms with Crippen LogP contribution in [0.25, 0.3) is 0 Å². The molecule has 0 atom stereocenters. The first-order valence-corrected chi connectivity index (χ1v) is 5.97. The van der Waals surface area contributed by atoms with Gasteiger partial charge in [-0.15, -0.1) is 0 Å². The Labute approximate surface area is 104 Å². The molecule has 1 heterocycles. The van der Waals surface area contributed by atoms with E-state index in [2.05, 4.69) is 6.07 Å². The molecular formula is C13H10N2OS. The SMILES string of the molecule is CN(C(=O)c1ccsc1)c1ccccc1C#N. The van der Waals surface area contributed by atoms with Crippen LogP contribution in [0.3, 0.4) is 0 Å². The summed E-state index contributed by atoms with van der Waals surface area (Å²) < 4.78 is 0. The molecule has 0 N–H and O–H groups in total. The molecule has 0 fully saturated rings. The van der Waals surface area contributed by atoms with Gasteiger partial charge in [0.05, 0.1) is 16.8 Å². The van der Waals surface area contributed by atoms with Gasteiger partial charge in [-0.25, -0.2) is 0 Å². The Morgan fingerprint density at radius 3 is 2.76 bits per heavy atom. The number of nitrogens with zero attached hydrogens (tertiary/aromatic N) is 2. The van der Waals surface area contributed by atoms with Gasteiger partial charge in [0, 0.05) is 12.4 Å². The van der Waals surface area contributed by atoms with Crippen LogP contribution in [0.15, 0.2) is 41.1 Å². The molecule has 0 radical (unpaired) electrons. The lowest BCUT2D eigenvalue weighted by Crippen LogP contribution is -2.26. The first-order chi connectivity index (χ1) is 8.24. The Morgan fingerprint density at radius 2 is 2.12 bits per heavy atom. The minimum atomic E-state index is -0.103. The molecule has 0 aliphatic rings. The van der Waals surface area contributed by atoms with E-state index in [0.717, 1.165) is 0 Å². The molecule has 1 aromatic carbocycles. The van der Waals surface area contributed by atoms with E-state index in [9.17, 15) is 4.79 Å². The highest BCUT2D eigenvalue weighted by atomic mass is 32.1. The van der Waals surface area contributed by atoms with Crippen LogP contribution in [0.2, 0.25) is 0 Å². The molecule has 0 aliphatic carbocycles. The third-order valence-corrected chi connectivity index (χ3v) is 3.14. The topological polar surface area (TPSA) is 44.1 Å². The number of carbonyl (C=O) groups excluding carboxylic acids is 1. The van der Waals surface area contributed by atoms with Gasteiger partial charge in [-0.1, -0.05) is 12.1 Å². The summed E-state index contributed by atoms with van der Waals surface area (Å²) in [7, 11) is 1.68. The summed E-state index contributed by atoms with van der Waals surface area (Å²) in [5.41, 5.74) is 1.77. The molecule has 0 unspecified atom stereocenters. The van der Waals surface area contributed by atoms with E-state index >= 15 is 0 Å². The van der Waals surface area contributed by atoms with Gasteiger partial charge in [-0.3, -0.25) is 4.79 Å². The number of carbonyl (C=O) groups is 1. The zero-order valence-electron chi connectivity index (χ0n) is 9.25. The summed E-state index contributed by atoms with van der Waals surface area (Å²) in [5, 5.41) is 12.7. The maximum Gasteiger partial charge on any atom is 0.258 e. The van der Waals surface area contributed by atoms with Gasteiger partial charge in [0.2, 0.25) is 0 Å². The normalized spacial score (nSPS) is 9.65. The van der Waals surface area contributed by atoms with E-state index in [1.54, 1.807) is 36.7 Å². The Bertz CT molecular complexity index is 569. The summed E-state index contributed by atoms with van der Waals surface area (Å²) >= 11 is 1.48. The lowest BCUT2D eigenvalue weighted by atomic mass is 10.1. The maximum absolute atomic E-state index is 12.1. The van der Waals surface area contributed by atoms with Crippen molar-refractivity contribution < 1.29 is 4.79 Å². The fourth-order valence-corrected chi connectivity index (χ4v) is 2.18. The second kappa shape index (κ2) is 4.81. The Kier molecular flexibility index (Phi) is 3.22. The van der Waals surface area contributed by atoms with Crippen molar-refractivity contribution in [2.24, 2.45) is 0 Å². The first kappa shape index (κ1) is 11.4. The van der Waals surface area contributed by atoms with Crippen LogP contribution in [-0.4, -0.2) is 13.0 Å². The smallest absolute Gasteiger partial charge is 0.258 e. The largest absolute Gasteiger partial charge is 0.310 e. The fourth-order valence-electron chi connectivity index (χ4n) is 1.55. The third-order valence-electron chi connectivity index (χ3n) is 2.46. The van der Waals surface area contributed by atoms with Crippen LogP contribution >= 0.6 is 11.3 Å². The van der Waals surface area contributed by atoms with Gasteiger partial charge in [0.1, 0.15) is 6.07 Å². The number of hydrogen-bond donors (Lipinski definition) is 0. The van der Waals surface area contributed by atoms with E-state index in [1.165, 1.54) is 16.2 Å². The Hall–Kier alpha value is -2.12. The standard InChI is InChI=1S/C13H10N2OS/c1-15(13(16)11-6-7-17-9-11)12-5-3-2-4-10(12)8-14/h2-7,9H,1H3. The lowest BCUT2D eigenvalue weighted by Gasteiger charge is -2.17. The van der Waals surface area contributed by atoms with Crippen LogP contribution in [0, 0.1) is 11.3 Å². The summed E-state index contributed by atoms with van der Waals surface area (Å²) in [6.07, 6.45) is 0. The van der Waals surface area contributed by atoms with Gasteiger partial charge >= 0.3 is 0 Å². The molecule has 0 saturated heterocycles. The molecule has 84 valence electrons. The molecule has 3 nitrogen and oxygen atoms in total. The molecule has 0 aliphatic heterocycles. The molecule has 2 aromatic rings. The molecule has 17 heavy (non-hydrogen) atoms. The molecular weight excluding hydrogens is 232 g/mol. The first-order valence-electron chi connectivity index (χ1n) is 5.03. The van der Waals surface area contributed by atoms with Gasteiger partial charge in [0.15, 0.2) is 0 Å². The van der Waals surface area contributed by atoms with Crippen molar-refractivity contribution in [3.8, 4) is 6.07 Å². The third kappa shape index (κ3) is 2.19. The second-order valence-corrected chi connectivity index (χ2v) is 4.29. The summed E-state index contributed by atoms with van der Waals surface area (Å²) in [5.74, 6) is -0.103. The van der Waals surface area contributed by atoms with Crippen LogP contribution in [0.1, 0.15) is 15.9 Å². The second-order valence-electron chi connectivity index (χ2n) is 3.51. The van der Waals surface area contributed by atoms with Crippen LogP contribution in [0.4, 0.5) is 5.69 Å². The molecule has 4 heteroatoms. The molecule has 2 rings (SSSR count). The van der Waals surface area contributed by atoms with Crippen molar-refractivity contribution in [3.63, 3.8) is 0 Å². The van der Waals surface area contributed by atoms with Gasteiger partial charge in [-0.2, -0.15) is 16.6 Å². The molecule has 1 aromatic heterocycles. The predicted octanol–water partition coefficient (Wildman–Crippen LogP) is 2.90. The van der Waals surface area contributed by atoms with Crippen molar-refractivity contribution in [1.29, 1.82) is 5.26 Å². The summed E-state index contributed by atoms with van der Waals surface area (Å²) in [6.45, 7) is 0. The van der Waals surface area contributed by atoms with Crippen LogP contribution in [0.5, 0.6) is 0 Å². The van der Waals surface area contributed by atoms with Gasteiger partial charge < -0.3 is 4.90 Å². The number of anilines is 1. The van der Waals surface area contributed by atoms with E-state index in [1.807, 2.05) is 11.4 Å². The molecule has 0 bridgehead atoms. The van der Waals surface area contributed by atoms with E-state index < -0.39 is 0 Å². The maximum atomic E-state index is 12.1. The Morgan fingerprint density at radius 1 is 1.35 bits per heavy atom. The summed E-state index contributed by atoms with van der Waals surface area (Å²) in [4.78, 5) is 13.6. The molecule has 0 spiro atoms. The zero-order valence-corrected chi connectivity index (χ0v) is 10.1. The highest BCUT2D eigenvalue weighted by Crippen LogP contribution is 2.20. The number of thiophene rings is 1. The average Bonchev–Trinajstić information content (AvgIpc) is 2.90. The molecule has 1 amide bonds. The number of rotatable bonds is 2. The number of nitriles is 1. The molecule has 0 saturated carbocycles. The number of para-hydroxylation sites is 1. The van der Waals surface area contributed by atoms with E-state index in [0.29, 0.717) is 16.8 Å². The van der Waals surface area contributed by atoms with Crippen molar-refractivity contribution >= 4 is 22.9 Å². The summed E-state index contributed by atoms with van der Waals surface area (Å²) in [6, 6.07) is 10.9. The van der Waals surface area contributed by atoms with Crippen LogP contribution in [-0.2, 0) is 0 Å². The minimum absolute atomic E-state index is 0.103. The fraction of sp³-hybridized carbons (Fsp3) is 0.0769. The number of benzene rings is 1. The quantitative estimate of drug-likeness (QED) is 0.812.